The fraction of sp³-hybridized carbons (Fsp3) is 0.250. The maximum Gasteiger partial charge on any atom is 0.323 e. The van der Waals surface area contributed by atoms with Gasteiger partial charge in [-0.25, -0.2) is 4.79 Å². The first-order valence-electron chi connectivity index (χ1n) is 8.78. The lowest BCUT2D eigenvalue weighted by Gasteiger charge is -2.22. The molecule has 0 heterocycles. The van der Waals surface area contributed by atoms with E-state index in [0.29, 0.717) is 11.4 Å². The molecule has 0 aliphatic heterocycles. The number of nitrogens with zero attached hydrogens (tertiary/aromatic N) is 2. The van der Waals surface area contributed by atoms with Crippen LogP contribution < -0.4 is 20.4 Å². The highest BCUT2D eigenvalue weighted by molar-refractivity contribution is 7.98. The molecule has 0 atom stereocenters. The van der Waals surface area contributed by atoms with Crippen LogP contribution in [0.4, 0.5) is 21.9 Å². The molecule has 0 aliphatic rings. The number of hydrogen-bond acceptors (Lipinski definition) is 5. The first kappa shape index (κ1) is 22.1. The molecule has 2 aromatic rings. The van der Waals surface area contributed by atoms with Crippen molar-refractivity contribution in [1.29, 1.82) is 0 Å². The summed E-state index contributed by atoms with van der Waals surface area (Å²) in [5, 5.41) is 14.3. The number of nitrogens with one attached hydrogen (secondary N) is 2. The Morgan fingerprint density at radius 2 is 1.69 bits per heavy atom. The van der Waals surface area contributed by atoms with Crippen molar-refractivity contribution < 1.29 is 19.5 Å². The Labute approximate surface area is 173 Å². The van der Waals surface area contributed by atoms with Crippen molar-refractivity contribution in [1.82, 2.24) is 5.32 Å². The second kappa shape index (κ2) is 10.4. The second-order valence-electron chi connectivity index (χ2n) is 6.32. The lowest BCUT2D eigenvalue weighted by Crippen LogP contribution is -2.43. The highest BCUT2D eigenvalue weighted by Crippen LogP contribution is 2.20. The summed E-state index contributed by atoms with van der Waals surface area (Å²) in [5.41, 5.74) is 1.96. The van der Waals surface area contributed by atoms with Crippen molar-refractivity contribution in [3.8, 4) is 0 Å². The molecule has 9 heteroatoms. The number of carbonyl (C=O) groups is 3. The summed E-state index contributed by atoms with van der Waals surface area (Å²) in [6.45, 7) is -0.837. The molecule has 2 aromatic carbocycles. The Kier molecular flexibility index (Phi) is 7.90. The number of carbonyl (C=O) groups excluding carboxylic acids is 2. The number of carboxylic acid groups (broad SMARTS) is 1. The number of carboxylic acids is 1. The zero-order valence-electron chi connectivity index (χ0n) is 16.5. The van der Waals surface area contributed by atoms with Crippen molar-refractivity contribution in [3.63, 3.8) is 0 Å². The number of rotatable bonds is 8. The third-order valence-corrected chi connectivity index (χ3v) is 4.73. The van der Waals surface area contributed by atoms with Gasteiger partial charge in [-0.15, -0.1) is 11.8 Å². The normalized spacial score (nSPS) is 10.2. The van der Waals surface area contributed by atoms with Crippen LogP contribution >= 0.6 is 11.8 Å². The zero-order chi connectivity index (χ0) is 21.4. The van der Waals surface area contributed by atoms with Gasteiger partial charge in [0.1, 0.15) is 6.54 Å². The van der Waals surface area contributed by atoms with Crippen LogP contribution in [-0.4, -0.2) is 56.5 Å². The summed E-state index contributed by atoms with van der Waals surface area (Å²) >= 11 is 1.55. The molecule has 0 saturated heterocycles. The van der Waals surface area contributed by atoms with E-state index in [1.165, 1.54) is 0 Å². The first-order chi connectivity index (χ1) is 13.8. The van der Waals surface area contributed by atoms with Gasteiger partial charge >= 0.3 is 12.0 Å². The van der Waals surface area contributed by atoms with Crippen molar-refractivity contribution in [2.45, 2.75) is 4.90 Å². The molecular formula is C20H24N4O4S. The van der Waals surface area contributed by atoms with Crippen LogP contribution in [0.1, 0.15) is 0 Å². The van der Waals surface area contributed by atoms with Crippen LogP contribution in [0, 0.1) is 0 Å². The summed E-state index contributed by atoms with van der Waals surface area (Å²) in [4.78, 5) is 39.9. The van der Waals surface area contributed by atoms with Gasteiger partial charge in [-0.05, 0) is 48.7 Å². The summed E-state index contributed by atoms with van der Waals surface area (Å²) in [6, 6.07) is 13.7. The van der Waals surface area contributed by atoms with Crippen molar-refractivity contribution in [2.24, 2.45) is 0 Å². The standard InChI is InChI=1S/C20H24N4O4S/c1-23(2)15-7-9-16(10-8-15)24(13-19(26)27)18(25)12-21-20(28)22-14-5-4-6-17(11-14)29-3/h4-11H,12-13H2,1-3H3,(H,26,27)(H2,21,22,28). The fourth-order valence-electron chi connectivity index (χ4n) is 2.52. The summed E-state index contributed by atoms with van der Waals surface area (Å²) in [6.07, 6.45) is 1.93. The monoisotopic (exact) mass is 416 g/mol. The third-order valence-electron chi connectivity index (χ3n) is 4.00. The lowest BCUT2D eigenvalue weighted by molar-refractivity contribution is -0.136. The van der Waals surface area contributed by atoms with Crippen molar-refractivity contribution in [2.75, 3.05) is 48.6 Å². The van der Waals surface area contributed by atoms with Crippen LogP contribution in [0.5, 0.6) is 0 Å². The highest BCUT2D eigenvalue weighted by Gasteiger charge is 2.19. The first-order valence-corrected chi connectivity index (χ1v) is 10.0. The van der Waals surface area contributed by atoms with Gasteiger partial charge in [-0.2, -0.15) is 0 Å². The number of amides is 3. The van der Waals surface area contributed by atoms with Crippen molar-refractivity contribution >= 4 is 46.7 Å². The van der Waals surface area contributed by atoms with E-state index < -0.39 is 24.5 Å². The lowest BCUT2D eigenvalue weighted by atomic mass is 10.2. The van der Waals surface area contributed by atoms with Gasteiger partial charge in [0.2, 0.25) is 5.91 Å². The number of benzene rings is 2. The molecule has 0 unspecified atom stereocenters. The second-order valence-corrected chi connectivity index (χ2v) is 7.20. The van der Waals surface area contributed by atoms with Crippen LogP contribution in [-0.2, 0) is 9.59 Å². The molecule has 29 heavy (non-hydrogen) atoms. The van der Waals surface area contributed by atoms with E-state index in [0.717, 1.165) is 15.5 Å². The molecule has 2 rings (SSSR count). The van der Waals surface area contributed by atoms with E-state index in [2.05, 4.69) is 10.6 Å². The summed E-state index contributed by atoms with van der Waals surface area (Å²) in [7, 11) is 3.76. The van der Waals surface area contributed by atoms with E-state index in [9.17, 15) is 14.4 Å². The Morgan fingerprint density at radius 3 is 2.28 bits per heavy atom. The van der Waals surface area contributed by atoms with E-state index in [1.807, 2.05) is 43.5 Å². The van der Waals surface area contributed by atoms with Gasteiger partial charge in [-0.3, -0.25) is 14.5 Å². The van der Waals surface area contributed by atoms with Gasteiger partial charge in [-0.1, -0.05) is 6.07 Å². The van der Waals surface area contributed by atoms with Gasteiger partial charge < -0.3 is 20.6 Å². The minimum atomic E-state index is -1.15. The number of anilines is 3. The zero-order valence-corrected chi connectivity index (χ0v) is 17.3. The van der Waals surface area contributed by atoms with E-state index in [1.54, 1.807) is 42.1 Å². The molecule has 3 N–H and O–H groups in total. The number of aliphatic carboxylic acids is 1. The van der Waals surface area contributed by atoms with E-state index in [4.69, 9.17) is 5.11 Å². The molecule has 0 aliphatic carbocycles. The molecule has 0 spiro atoms. The van der Waals surface area contributed by atoms with Gasteiger partial charge in [0.05, 0.1) is 6.54 Å². The van der Waals surface area contributed by atoms with Gasteiger partial charge in [0, 0.05) is 36.1 Å². The Morgan fingerprint density at radius 1 is 1.03 bits per heavy atom. The van der Waals surface area contributed by atoms with E-state index in [-0.39, 0.29) is 6.54 Å². The molecule has 0 aromatic heterocycles. The van der Waals surface area contributed by atoms with Crippen molar-refractivity contribution in [3.05, 3.63) is 48.5 Å². The quantitative estimate of drug-likeness (QED) is 0.572. The minimum absolute atomic E-state index is 0.337. The molecule has 0 saturated carbocycles. The van der Waals surface area contributed by atoms with Crippen LogP contribution in [0.2, 0.25) is 0 Å². The van der Waals surface area contributed by atoms with E-state index >= 15 is 0 Å². The summed E-state index contributed by atoms with van der Waals surface area (Å²) in [5.74, 6) is -1.67. The smallest absolute Gasteiger partial charge is 0.323 e. The maximum absolute atomic E-state index is 12.6. The van der Waals surface area contributed by atoms with Crippen LogP contribution in [0.15, 0.2) is 53.4 Å². The van der Waals surface area contributed by atoms with Crippen LogP contribution in [0.25, 0.3) is 0 Å². The van der Waals surface area contributed by atoms with Gasteiger partial charge in [0.15, 0.2) is 0 Å². The topological polar surface area (TPSA) is 102 Å². The van der Waals surface area contributed by atoms with Crippen LogP contribution in [0.3, 0.4) is 0 Å². The molecule has 3 amide bonds. The predicted molar refractivity (Wildman–Crippen MR) is 116 cm³/mol. The predicted octanol–water partition coefficient (Wildman–Crippen LogP) is 2.71. The minimum Gasteiger partial charge on any atom is -0.480 e. The summed E-state index contributed by atoms with van der Waals surface area (Å²) < 4.78 is 0. The molecule has 154 valence electrons. The molecule has 0 radical (unpaired) electrons. The SMILES string of the molecule is CSc1cccc(NC(=O)NCC(=O)N(CC(=O)O)c2ccc(N(C)C)cc2)c1. The number of thioether (sulfide) groups is 1. The average molecular weight is 417 g/mol. The maximum atomic E-state index is 12.6. The Hall–Kier alpha value is -3.20. The fourth-order valence-corrected chi connectivity index (χ4v) is 2.98. The Bertz CT molecular complexity index is 871. The largest absolute Gasteiger partial charge is 0.480 e. The Balaban J connectivity index is 2.01. The number of urea groups is 1. The molecular weight excluding hydrogens is 392 g/mol. The molecule has 0 fully saturated rings. The third kappa shape index (κ3) is 6.72. The average Bonchev–Trinajstić information content (AvgIpc) is 2.70. The molecule has 8 nitrogen and oxygen atoms in total. The highest BCUT2D eigenvalue weighted by atomic mass is 32.2. The molecule has 0 bridgehead atoms. The number of hydrogen-bond donors (Lipinski definition) is 3. The van der Waals surface area contributed by atoms with Gasteiger partial charge in [0.25, 0.3) is 0 Å².